The lowest BCUT2D eigenvalue weighted by Crippen LogP contribution is -2.56. The Morgan fingerprint density at radius 3 is 2.55 bits per heavy atom. The van der Waals surface area contributed by atoms with E-state index in [4.69, 9.17) is 4.74 Å². The number of nitrogens with zero attached hydrogens (tertiary/aromatic N) is 2. The molecule has 0 bridgehead atoms. The lowest BCUT2D eigenvalue weighted by Gasteiger charge is -2.42. The Labute approximate surface area is 133 Å². The molecule has 2 rings (SSSR count). The van der Waals surface area contributed by atoms with E-state index >= 15 is 0 Å². The van der Waals surface area contributed by atoms with Crippen molar-refractivity contribution in [3.8, 4) is 0 Å². The second-order valence-electron chi connectivity index (χ2n) is 6.94. The summed E-state index contributed by atoms with van der Waals surface area (Å²) in [6.45, 7) is 9.55. The van der Waals surface area contributed by atoms with E-state index < -0.39 is 5.60 Å². The number of carbonyl (C=O) groups excluding carboxylic acids is 1. The van der Waals surface area contributed by atoms with Crippen LogP contribution in [0.5, 0.6) is 0 Å². The van der Waals surface area contributed by atoms with Crippen molar-refractivity contribution in [3.63, 3.8) is 0 Å². The Kier molecular flexibility index (Phi) is 4.94. The zero-order chi connectivity index (χ0) is 16.2. The van der Waals surface area contributed by atoms with E-state index in [0.29, 0.717) is 0 Å². The Morgan fingerprint density at radius 2 is 2.05 bits per heavy atom. The fourth-order valence-corrected chi connectivity index (χ4v) is 2.79. The van der Waals surface area contributed by atoms with Gasteiger partial charge >= 0.3 is 6.09 Å². The normalized spacial score (nSPS) is 17.9. The number of rotatable bonds is 3. The fraction of sp³-hybridized carbons (Fsp3) is 0.647. The summed E-state index contributed by atoms with van der Waals surface area (Å²) in [4.78, 5) is 18.8. The number of anilines is 1. The van der Waals surface area contributed by atoms with Gasteiger partial charge in [0, 0.05) is 24.8 Å². The quantitative estimate of drug-likeness (QED) is 0.930. The Morgan fingerprint density at radius 1 is 1.36 bits per heavy atom. The van der Waals surface area contributed by atoms with Crippen molar-refractivity contribution in [3.05, 3.63) is 24.4 Å². The zero-order valence-corrected chi connectivity index (χ0v) is 14.1. The van der Waals surface area contributed by atoms with Gasteiger partial charge in [-0.3, -0.25) is 0 Å². The number of amides is 1. The number of alkyl carbamates (subject to hydrolysis) is 1. The van der Waals surface area contributed by atoms with Gasteiger partial charge in [0.1, 0.15) is 11.4 Å². The van der Waals surface area contributed by atoms with Crippen LogP contribution in [0, 0.1) is 0 Å². The SMILES string of the molecule is CCC1(NC(=O)OC(C)(C)C)CCN(c2ccccn2)CC1. The molecule has 122 valence electrons. The largest absolute Gasteiger partial charge is 0.444 e. The first-order chi connectivity index (χ1) is 10.3. The molecule has 1 saturated heterocycles. The number of carbonyl (C=O) groups is 1. The molecule has 1 aromatic rings. The monoisotopic (exact) mass is 305 g/mol. The van der Waals surface area contributed by atoms with Gasteiger partial charge in [-0.15, -0.1) is 0 Å². The van der Waals surface area contributed by atoms with Gasteiger partial charge in [0.05, 0.1) is 0 Å². The van der Waals surface area contributed by atoms with Crippen LogP contribution in [0.15, 0.2) is 24.4 Å². The van der Waals surface area contributed by atoms with Crippen molar-refractivity contribution >= 4 is 11.9 Å². The molecule has 1 fully saturated rings. The van der Waals surface area contributed by atoms with Crippen LogP contribution in [-0.2, 0) is 4.74 Å². The minimum Gasteiger partial charge on any atom is -0.444 e. The van der Waals surface area contributed by atoms with E-state index in [1.165, 1.54) is 0 Å². The van der Waals surface area contributed by atoms with E-state index in [1.54, 1.807) is 0 Å². The molecule has 0 aromatic carbocycles. The van der Waals surface area contributed by atoms with Crippen LogP contribution in [0.25, 0.3) is 0 Å². The van der Waals surface area contributed by atoms with Crippen LogP contribution < -0.4 is 10.2 Å². The molecule has 1 aromatic heterocycles. The van der Waals surface area contributed by atoms with Crippen LogP contribution in [0.2, 0.25) is 0 Å². The molecule has 1 aliphatic rings. The average Bonchev–Trinajstić information content (AvgIpc) is 2.47. The lowest BCUT2D eigenvalue weighted by atomic mass is 9.85. The molecule has 1 N–H and O–H groups in total. The molecule has 5 heteroatoms. The maximum absolute atomic E-state index is 12.1. The van der Waals surface area contributed by atoms with Crippen molar-refractivity contribution in [2.75, 3.05) is 18.0 Å². The summed E-state index contributed by atoms with van der Waals surface area (Å²) in [6.07, 6.45) is 4.21. The first-order valence-corrected chi connectivity index (χ1v) is 8.01. The summed E-state index contributed by atoms with van der Waals surface area (Å²) >= 11 is 0. The van der Waals surface area contributed by atoms with Gasteiger partial charge in [-0.25, -0.2) is 9.78 Å². The van der Waals surface area contributed by atoms with E-state index in [1.807, 2.05) is 45.2 Å². The number of hydrogen-bond acceptors (Lipinski definition) is 4. The number of ether oxygens (including phenoxy) is 1. The minimum absolute atomic E-state index is 0.173. The third-order valence-corrected chi connectivity index (χ3v) is 4.14. The molecule has 1 amide bonds. The average molecular weight is 305 g/mol. The molecule has 0 spiro atoms. The van der Waals surface area contributed by atoms with E-state index in [-0.39, 0.29) is 11.6 Å². The third kappa shape index (κ3) is 4.36. The topological polar surface area (TPSA) is 54.5 Å². The Bertz CT molecular complexity index is 488. The molecule has 0 unspecified atom stereocenters. The predicted molar refractivity (Wildman–Crippen MR) is 88.1 cm³/mol. The number of aromatic nitrogens is 1. The van der Waals surface area contributed by atoms with Gasteiger partial charge in [-0.2, -0.15) is 0 Å². The highest BCUT2D eigenvalue weighted by molar-refractivity contribution is 5.69. The highest BCUT2D eigenvalue weighted by atomic mass is 16.6. The van der Waals surface area contributed by atoms with E-state index in [9.17, 15) is 4.79 Å². The van der Waals surface area contributed by atoms with Crippen molar-refractivity contribution < 1.29 is 9.53 Å². The van der Waals surface area contributed by atoms with Crippen LogP contribution >= 0.6 is 0 Å². The van der Waals surface area contributed by atoms with Crippen molar-refractivity contribution in [1.29, 1.82) is 0 Å². The second kappa shape index (κ2) is 6.55. The summed E-state index contributed by atoms with van der Waals surface area (Å²) in [5, 5.41) is 3.10. The highest BCUT2D eigenvalue weighted by Gasteiger charge is 2.36. The first-order valence-electron chi connectivity index (χ1n) is 8.01. The number of pyridine rings is 1. The summed E-state index contributed by atoms with van der Waals surface area (Å²) in [7, 11) is 0. The molecule has 2 heterocycles. The van der Waals surface area contributed by atoms with Crippen molar-refractivity contribution in [2.24, 2.45) is 0 Å². The van der Waals surface area contributed by atoms with E-state index in [2.05, 4.69) is 22.1 Å². The molecule has 5 nitrogen and oxygen atoms in total. The van der Waals surface area contributed by atoms with Crippen LogP contribution in [0.4, 0.5) is 10.6 Å². The maximum atomic E-state index is 12.1. The molecular formula is C17H27N3O2. The minimum atomic E-state index is -0.465. The summed E-state index contributed by atoms with van der Waals surface area (Å²) < 4.78 is 5.40. The second-order valence-corrected chi connectivity index (χ2v) is 6.94. The van der Waals surface area contributed by atoms with Crippen LogP contribution in [0.3, 0.4) is 0 Å². The first kappa shape index (κ1) is 16.6. The molecule has 1 aliphatic heterocycles. The molecule has 22 heavy (non-hydrogen) atoms. The highest BCUT2D eigenvalue weighted by Crippen LogP contribution is 2.28. The Hall–Kier alpha value is -1.78. The van der Waals surface area contributed by atoms with Gasteiger partial charge in [-0.05, 0) is 52.2 Å². The number of piperidine rings is 1. The maximum Gasteiger partial charge on any atom is 0.408 e. The molecule has 0 aliphatic carbocycles. The van der Waals surface area contributed by atoms with Gasteiger partial charge in [0.2, 0.25) is 0 Å². The van der Waals surface area contributed by atoms with Gasteiger partial charge in [0.25, 0.3) is 0 Å². The van der Waals surface area contributed by atoms with Crippen LogP contribution in [-0.4, -0.2) is 35.3 Å². The third-order valence-electron chi connectivity index (χ3n) is 4.14. The van der Waals surface area contributed by atoms with E-state index in [0.717, 1.165) is 38.2 Å². The van der Waals surface area contributed by atoms with Gasteiger partial charge in [0.15, 0.2) is 0 Å². The summed E-state index contributed by atoms with van der Waals surface area (Å²) in [6, 6.07) is 5.96. The van der Waals surface area contributed by atoms with Crippen molar-refractivity contribution in [1.82, 2.24) is 10.3 Å². The van der Waals surface area contributed by atoms with Gasteiger partial charge < -0.3 is 15.0 Å². The van der Waals surface area contributed by atoms with Crippen molar-refractivity contribution in [2.45, 2.75) is 58.1 Å². The van der Waals surface area contributed by atoms with Gasteiger partial charge in [-0.1, -0.05) is 13.0 Å². The summed E-state index contributed by atoms with van der Waals surface area (Å²) in [5.41, 5.74) is -0.638. The predicted octanol–water partition coefficient (Wildman–Crippen LogP) is 3.36. The molecule has 0 radical (unpaired) electrons. The Balaban J connectivity index is 1.95. The molecule has 0 saturated carbocycles. The smallest absolute Gasteiger partial charge is 0.408 e. The standard InChI is InChI=1S/C17H27N3O2/c1-5-17(19-15(21)22-16(2,3)4)9-12-20(13-10-17)14-8-6-7-11-18-14/h6-8,11H,5,9-10,12-13H2,1-4H3,(H,19,21). The zero-order valence-electron chi connectivity index (χ0n) is 14.1. The fourth-order valence-electron chi connectivity index (χ4n) is 2.79. The number of nitrogens with one attached hydrogen (secondary N) is 1. The summed E-state index contributed by atoms with van der Waals surface area (Å²) in [5.74, 6) is 1.00. The number of hydrogen-bond donors (Lipinski definition) is 1. The lowest BCUT2D eigenvalue weighted by molar-refractivity contribution is 0.0431. The molecule has 0 atom stereocenters. The van der Waals surface area contributed by atoms with Crippen LogP contribution in [0.1, 0.15) is 47.0 Å². The molecular weight excluding hydrogens is 278 g/mol.